The zero-order valence-corrected chi connectivity index (χ0v) is 15.0. The van der Waals surface area contributed by atoms with Crippen LogP contribution in [0.5, 0.6) is 5.75 Å². The smallest absolute Gasteiger partial charge is 0.349 e. The summed E-state index contributed by atoms with van der Waals surface area (Å²) in [4.78, 5) is 25.3. The standard InChI is InChI=1S/C18H21NO4S/c1-18(2,3)19-16(20)15(12-7-9-13(22-4)10-8-12)23-17(21)14-6-5-11-24-14/h5-11,15H,1-4H3,(H,19,20)/t15-/m1/s1. The number of carbonyl (C=O) groups excluding carboxylic acids is 2. The maximum atomic E-state index is 12.6. The molecule has 1 aromatic carbocycles. The Morgan fingerprint density at radius 1 is 1.12 bits per heavy atom. The van der Waals surface area contributed by atoms with Gasteiger partial charge in [-0.05, 0) is 44.4 Å². The van der Waals surface area contributed by atoms with Gasteiger partial charge in [0.15, 0.2) is 0 Å². The SMILES string of the molecule is COc1ccc([C@@H](OC(=O)c2cccs2)C(=O)NC(C)(C)C)cc1. The Labute approximate surface area is 145 Å². The fourth-order valence-electron chi connectivity index (χ4n) is 2.05. The van der Waals surface area contributed by atoms with Crippen molar-refractivity contribution >= 4 is 23.2 Å². The third kappa shape index (κ3) is 4.83. The minimum absolute atomic E-state index is 0.363. The molecule has 1 amide bonds. The van der Waals surface area contributed by atoms with Crippen LogP contribution in [0.1, 0.15) is 42.1 Å². The largest absolute Gasteiger partial charge is 0.497 e. The molecule has 24 heavy (non-hydrogen) atoms. The van der Waals surface area contributed by atoms with Crippen LogP contribution in [0.25, 0.3) is 0 Å². The van der Waals surface area contributed by atoms with E-state index in [1.807, 2.05) is 20.8 Å². The van der Waals surface area contributed by atoms with Gasteiger partial charge in [-0.15, -0.1) is 11.3 Å². The Morgan fingerprint density at radius 2 is 1.79 bits per heavy atom. The first-order valence-corrected chi connectivity index (χ1v) is 8.38. The van der Waals surface area contributed by atoms with E-state index >= 15 is 0 Å². The second-order valence-corrected chi connectivity index (χ2v) is 7.22. The first kappa shape index (κ1) is 18.0. The summed E-state index contributed by atoms with van der Waals surface area (Å²) in [6.45, 7) is 5.62. The lowest BCUT2D eigenvalue weighted by Crippen LogP contribution is -2.44. The van der Waals surface area contributed by atoms with Gasteiger partial charge in [-0.1, -0.05) is 18.2 Å². The van der Waals surface area contributed by atoms with Gasteiger partial charge < -0.3 is 14.8 Å². The van der Waals surface area contributed by atoms with Crippen LogP contribution in [0.3, 0.4) is 0 Å². The molecule has 5 nitrogen and oxygen atoms in total. The first-order chi connectivity index (χ1) is 11.3. The molecule has 1 aromatic heterocycles. The monoisotopic (exact) mass is 347 g/mol. The van der Waals surface area contributed by atoms with E-state index in [4.69, 9.17) is 9.47 Å². The van der Waals surface area contributed by atoms with E-state index in [1.165, 1.54) is 11.3 Å². The van der Waals surface area contributed by atoms with Gasteiger partial charge in [0, 0.05) is 11.1 Å². The van der Waals surface area contributed by atoms with Gasteiger partial charge in [-0.2, -0.15) is 0 Å². The molecule has 1 heterocycles. The van der Waals surface area contributed by atoms with Crippen molar-refractivity contribution in [2.45, 2.75) is 32.4 Å². The maximum Gasteiger partial charge on any atom is 0.349 e. The predicted octanol–water partition coefficient (Wildman–Crippen LogP) is 3.57. The zero-order valence-electron chi connectivity index (χ0n) is 14.2. The van der Waals surface area contributed by atoms with E-state index in [0.717, 1.165) is 0 Å². The molecule has 0 aliphatic rings. The molecule has 0 spiro atoms. The Kier molecular flexibility index (Phi) is 5.62. The number of nitrogens with one attached hydrogen (secondary N) is 1. The summed E-state index contributed by atoms with van der Waals surface area (Å²) in [6, 6.07) is 10.3. The fourth-order valence-corrected chi connectivity index (χ4v) is 2.65. The Hall–Kier alpha value is -2.34. The number of benzene rings is 1. The Balaban J connectivity index is 2.26. The number of thiophene rings is 1. The third-order valence-electron chi connectivity index (χ3n) is 3.10. The van der Waals surface area contributed by atoms with Crippen LogP contribution >= 0.6 is 11.3 Å². The second-order valence-electron chi connectivity index (χ2n) is 6.28. The topological polar surface area (TPSA) is 64.6 Å². The molecule has 0 aliphatic carbocycles. The summed E-state index contributed by atoms with van der Waals surface area (Å²) in [5.74, 6) is -0.217. The lowest BCUT2D eigenvalue weighted by molar-refractivity contribution is -0.131. The number of methoxy groups -OCH3 is 1. The van der Waals surface area contributed by atoms with Gasteiger partial charge in [-0.25, -0.2) is 4.79 Å². The highest BCUT2D eigenvalue weighted by atomic mass is 32.1. The fraction of sp³-hybridized carbons (Fsp3) is 0.333. The highest BCUT2D eigenvalue weighted by Crippen LogP contribution is 2.24. The molecular formula is C18H21NO4S. The molecule has 0 radical (unpaired) electrons. The van der Waals surface area contributed by atoms with Gasteiger partial charge in [0.1, 0.15) is 10.6 Å². The Bertz CT molecular complexity index is 687. The van der Waals surface area contributed by atoms with E-state index in [-0.39, 0.29) is 5.91 Å². The first-order valence-electron chi connectivity index (χ1n) is 7.50. The average molecular weight is 347 g/mol. The molecule has 6 heteroatoms. The van der Waals surface area contributed by atoms with E-state index < -0.39 is 17.6 Å². The summed E-state index contributed by atoms with van der Waals surface area (Å²) in [7, 11) is 1.57. The van der Waals surface area contributed by atoms with Crippen molar-refractivity contribution < 1.29 is 19.1 Å². The average Bonchev–Trinajstić information content (AvgIpc) is 3.05. The Morgan fingerprint density at radius 3 is 2.29 bits per heavy atom. The molecule has 0 unspecified atom stereocenters. The molecule has 2 aromatic rings. The van der Waals surface area contributed by atoms with E-state index in [2.05, 4.69) is 5.32 Å². The van der Waals surface area contributed by atoms with Crippen molar-refractivity contribution in [2.75, 3.05) is 7.11 Å². The van der Waals surface area contributed by atoms with E-state index in [9.17, 15) is 9.59 Å². The number of ether oxygens (including phenoxy) is 2. The molecule has 1 N–H and O–H groups in total. The molecule has 2 rings (SSSR count). The van der Waals surface area contributed by atoms with E-state index in [0.29, 0.717) is 16.2 Å². The van der Waals surface area contributed by atoms with Crippen LogP contribution in [-0.2, 0) is 9.53 Å². The lowest BCUT2D eigenvalue weighted by atomic mass is 10.0. The highest BCUT2D eigenvalue weighted by Gasteiger charge is 2.28. The van der Waals surface area contributed by atoms with Crippen LogP contribution in [-0.4, -0.2) is 24.5 Å². The summed E-state index contributed by atoms with van der Waals surface area (Å²) < 4.78 is 10.6. The van der Waals surface area contributed by atoms with Crippen LogP contribution in [0, 0.1) is 0 Å². The molecule has 0 bridgehead atoms. The summed E-state index contributed by atoms with van der Waals surface area (Å²) in [5, 5.41) is 4.64. The highest BCUT2D eigenvalue weighted by molar-refractivity contribution is 7.11. The van der Waals surface area contributed by atoms with Gasteiger partial charge >= 0.3 is 5.97 Å². The summed E-state index contributed by atoms with van der Waals surface area (Å²) >= 11 is 1.27. The normalized spacial score (nSPS) is 12.3. The quantitative estimate of drug-likeness (QED) is 0.840. The number of esters is 1. The zero-order chi connectivity index (χ0) is 17.7. The van der Waals surface area contributed by atoms with Crippen molar-refractivity contribution in [2.24, 2.45) is 0 Å². The molecule has 128 valence electrons. The molecule has 0 saturated carbocycles. The molecule has 0 saturated heterocycles. The maximum absolute atomic E-state index is 12.6. The third-order valence-corrected chi connectivity index (χ3v) is 3.95. The van der Waals surface area contributed by atoms with Gasteiger partial charge in [0.05, 0.1) is 7.11 Å². The van der Waals surface area contributed by atoms with E-state index in [1.54, 1.807) is 48.9 Å². The predicted molar refractivity (Wildman–Crippen MR) is 93.4 cm³/mol. The summed E-state index contributed by atoms with van der Waals surface area (Å²) in [6.07, 6.45) is -1.02. The number of hydrogen-bond donors (Lipinski definition) is 1. The van der Waals surface area contributed by atoms with Gasteiger partial charge in [0.2, 0.25) is 6.10 Å². The number of rotatable bonds is 5. The minimum atomic E-state index is -1.02. The van der Waals surface area contributed by atoms with Crippen LogP contribution in [0.2, 0.25) is 0 Å². The number of amides is 1. The molecule has 0 aliphatic heterocycles. The number of carbonyl (C=O) groups is 2. The van der Waals surface area contributed by atoms with Gasteiger partial charge in [0.25, 0.3) is 5.91 Å². The second kappa shape index (κ2) is 7.49. The molecule has 1 atom stereocenters. The minimum Gasteiger partial charge on any atom is -0.497 e. The summed E-state index contributed by atoms with van der Waals surface area (Å²) in [5.41, 5.74) is 0.152. The van der Waals surface area contributed by atoms with Gasteiger partial charge in [-0.3, -0.25) is 4.79 Å². The van der Waals surface area contributed by atoms with Crippen molar-refractivity contribution in [3.8, 4) is 5.75 Å². The van der Waals surface area contributed by atoms with Crippen molar-refractivity contribution in [1.82, 2.24) is 5.32 Å². The molecular weight excluding hydrogens is 326 g/mol. The van der Waals surface area contributed by atoms with Crippen LogP contribution in [0.4, 0.5) is 0 Å². The van der Waals surface area contributed by atoms with Crippen molar-refractivity contribution in [3.05, 3.63) is 52.2 Å². The molecule has 0 fully saturated rings. The van der Waals surface area contributed by atoms with Crippen LogP contribution in [0.15, 0.2) is 41.8 Å². The van der Waals surface area contributed by atoms with Crippen molar-refractivity contribution in [3.63, 3.8) is 0 Å². The van der Waals surface area contributed by atoms with Crippen molar-refractivity contribution in [1.29, 1.82) is 0 Å². The lowest BCUT2D eigenvalue weighted by Gasteiger charge is -2.25. The van der Waals surface area contributed by atoms with Crippen LogP contribution < -0.4 is 10.1 Å². The number of hydrogen-bond acceptors (Lipinski definition) is 5.